The number of ether oxygens (including phenoxy) is 1. The van der Waals surface area contributed by atoms with Crippen molar-refractivity contribution in [3.8, 4) is 17.0 Å². The van der Waals surface area contributed by atoms with Crippen LogP contribution in [0.4, 0.5) is 19.0 Å². The minimum atomic E-state index is -4.55. The molecule has 0 atom stereocenters. The summed E-state index contributed by atoms with van der Waals surface area (Å²) >= 11 is 0. The van der Waals surface area contributed by atoms with Crippen molar-refractivity contribution in [2.45, 2.75) is 50.4 Å². The predicted octanol–water partition coefficient (Wildman–Crippen LogP) is 3.89. The summed E-state index contributed by atoms with van der Waals surface area (Å²) in [7, 11) is 0. The molecular weight excluding hydrogens is 385 g/mol. The molecule has 1 aromatic carbocycles. The van der Waals surface area contributed by atoms with E-state index >= 15 is 0 Å². The molecule has 0 unspecified atom stereocenters. The Bertz CT molecular complexity index is 975. The Labute approximate surface area is 165 Å². The lowest BCUT2D eigenvalue weighted by Gasteiger charge is -2.56. The highest BCUT2D eigenvalue weighted by atomic mass is 19.4. The van der Waals surface area contributed by atoms with Gasteiger partial charge < -0.3 is 15.6 Å². The minimum Gasteiger partial charge on any atom is -0.507 e. The maximum absolute atomic E-state index is 12.9. The summed E-state index contributed by atoms with van der Waals surface area (Å²) in [5.74, 6) is -0.433. The average Bonchev–Trinajstić information content (AvgIpc) is 2.59. The van der Waals surface area contributed by atoms with E-state index in [4.69, 9.17) is 10.5 Å². The van der Waals surface area contributed by atoms with Gasteiger partial charge >= 0.3 is 6.18 Å². The molecule has 2 aromatic rings. The first-order valence-electron chi connectivity index (χ1n) is 9.23. The van der Waals surface area contributed by atoms with Gasteiger partial charge in [-0.15, -0.1) is 0 Å². The number of aryl methyl sites for hydroxylation is 1. The van der Waals surface area contributed by atoms with Crippen molar-refractivity contribution in [2.75, 3.05) is 12.3 Å². The number of alkyl halides is 3. The van der Waals surface area contributed by atoms with Crippen LogP contribution in [0.25, 0.3) is 11.3 Å². The van der Waals surface area contributed by atoms with Crippen LogP contribution >= 0.6 is 0 Å². The quantitative estimate of drug-likeness (QED) is 0.755. The third-order valence-corrected chi connectivity index (χ3v) is 5.61. The number of nitrogen functional groups attached to an aromatic ring is 1. The Morgan fingerprint density at radius 1 is 1.31 bits per heavy atom. The number of rotatable bonds is 3. The maximum Gasteiger partial charge on any atom is 0.416 e. The number of fused-ring (bicyclic) bond motifs is 2. The van der Waals surface area contributed by atoms with Crippen LogP contribution in [0.3, 0.4) is 0 Å². The van der Waals surface area contributed by atoms with Crippen molar-refractivity contribution < 1.29 is 23.0 Å². The second-order valence-electron chi connectivity index (χ2n) is 8.10. The summed E-state index contributed by atoms with van der Waals surface area (Å²) in [5.41, 5.74) is 5.79. The number of phenolic OH excluding ortho intramolecular Hbond substituents is 1. The second-order valence-corrected chi connectivity index (χ2v) is 8.10. The number of hydrogen-bond donors (Lipinski definition) is 2. The zero-order valence-electron chi connectivity index (χ0n) is 16.0. The van der Waals surface area contributed by atoms with Crippen LogP contribution in [-0.2, 0) is 10.9 Å². The number of phenols is 1. The molecule has 3 heterocycles. The van der Waals surface area contributed by atoms with Crippen molar-refractivity contribution in [1.29, 1.82) is 0 Å². The largest absolute Gasteiger partial charge is 0.507 e. The van der Waals surface area contributed by atoms with Gasteiger partial charge in [-0.1, -0.05) is 0 Å². The summed E-state index contributed by atoms with van der Waals surface area (Å²) < 4.78 is 44.5. The first-order valence-corrected chi connectivity index (χ1v) is 9.23. The highest BCUT2D eigenvalue weighted by Gasteiger charge is 2.55. The standard InChI is InChI=1S/C20H21F3N4O2/c1-11-5-12(20(21,22)23)6-15(28)16(11)13-7-25-14(17(24)27-13)8-26-19-3-4-29-18(2,9-19)10-19/h5-8,28H,3-4,9-10H2,1-2H3,(H2,24,27). The van der Waals surface area contributed by atoms with Gasteiger partial charge in [0.15, 0.2) is 5.82 Å². The fourth-order valence-corrected chi connectivity index (χ4v) is 4.36. The molecular formula is C20H21F3N4O2. The van der Waals surface area contributed by atoms with E-state index in [-0.39, 0.29) is 33.8 Å². The number of halogens is 3. The molecule has 9 heteroatoms. The normalized spacial score (nSPS) is 26.5. The molecule has 5 rings (SSSR count). The molecule has 29 heavy (non-hydrogen) atoms. The van der Waals surface area contributed by atoms with Gasteiger partial charge in [0.05, 0.1) is 34.8 Å². The van der Waals surface area contributed by atoms with Crippen molar-refractivity contribution >= 4 is 12.0 Å². The molecule has 3 aliphatic rings. The molecule has 6 nitrogen and oxygen atoms in total. The molecule has 154 valence electrons. The van der Waals surface area contributed by atoms with Crippen molar-refractivity contribution in [1.82, 2.24) is 9.97 Å². The molecule has 2 aliphatic heterocycles. The highest BCUT2D eigenvalue weighted by Crippen LogP contribution is 2.52. The maximum atomic E-state index is 12.9. The molecule has 0 amide bonds. The van der Waals surface area contributed by atoms with Gasteiger partial charge in [0.2, 0.25) is 0 Å². The average molecular weight is 406 g/mol. The molecule has 3 N–H and O–H groups in total. The van der Waals surface area contributed by atoms with Crippen LogP contribution in [0.5, 0.6) is 5.75 Å². The van der Waals surface area contributed by atoms with E-state index in [1.54, 1.807) is 6.21 Å². The molecule has 2 saturated heterocycles. The van der Waals surface area contributed by atoms with Gasteiger partial charge in [-0.2, -0.15) is 13.2 Å². The van der Waals surface area contributed by atoms with E-state index in [1.165, 1.54) is 13.1 Å². The number of benzene rings is 1. The lowest BCUT2D eigenvalue weighted by atomic mass is 9.62. The van der Waals surface area contributed by atoms with Gasteiger partial charge in [-0.05, 0) is 38.0 Å². The Hall–Kier alpha value is -2.68. The van der Waals surface area contributed by atoms with Crippen LogP contribution in [0.2, 0.25) is 0 Å². The van der Waals surface area contributed by atoms with Gasteiger partial charge in [0.25, 0.3) is 0 Å². The van der Waals surface area contributed by atoms with Crippen LogP contribution in [0, 0.1) is 6.92 Å². The van der Waals surface area contributed by atoms with E-state index in [1.807, 2.05) is 0 Å². The van der Waals surface area contributed by atoms with Gasteiger partial charge in [-0.25, -0.2) is 9.97 Å². The van der Waals surface area contributed by atoms with E-state index in [0.717, 1.165) is 25.3 Å². The number of aromatic nitrogens is 2. The molecule has 1 aromatic heterocycles. The first-order chi connectivity index (χ1) is 13.5. The molecule has 0 radical (unpaired) electrons. The van der Waals surface area contributed by atoms with Crippen molar-refractivity contribution in [2.24, 2.45) is 4.99 Å². The molecule has 0 spiro atoms. The number of aromatic hydroxyl groups is 1. The smallest absolute Gasteiger partial charge is 0.416 e. The minimum absolute atomic E-state index is 0.0930. The molecule has 2 bridgehead atoms. The van der Waals surface area contributed by atoms with Crippen LogP contribution < -0.4 is 5.73 Å². The van der Waals surface area contributed by atoms with Gasteiger partial charge in [-0.3, -0.25) is 4.99 Å². The molecule has 3 fully saturated rings. The number of nitrogens with two attached hydrogens (primary N) is 1. The number of anilines is 1. The van der Waals surface area contributed by atoms with E-state index in [2.05, 4.69) is 21.9 Å². The van der Waals surface area contributed by atoms with Gasteiger partial charge in [0, 0.05) is 25.0 Å². The number of nitrogens with zero attached hydrogens (tertiary/aromatic N) is 3. The van der Waals surface area contributed by atoms with Gasteiger partial charge in [0.1, 0.15) is 11.4 Å². The predicted molar refractivity (Wildman–Crippen MR) is 102 cm³/mol. The van der Waals surface area contributed by atoms with E-state index in [0.29, 0.717) is 18.4 Å². The Kier molecular flexibility index (Phi) is 4.34. The van der Waals surface area contributed by atoms with Crippen molar-refractivity contribution in [3.63, 3.8) is 0 Å². The summed E-state index contributed by atoms with van der Waals surface area (Å²) in [5, 5.41) is 10.1. The summed E-state index contributed by atoms with van der Waals surface area (Å²) in [6.07, 6.45) is 0.952. The Balaban J connectivity index is 1.61. The van der Waals surface area contributed by atoms with Crippen LogP contribution in [0.1, 0.15) is 43.0 Å². The highest BCUT2D eigenvalue weighted by molar-refractivity contribution is 5.84. The lowest BCUT2D eigenvalue weighted by Crippen LogP contribution is -2.60. The number of aliphatic imine (C=N–C) groups is 1. The third-order valence-electron chi connectivity index (χ3n) is 5.61. The lowest BCUT2D eigenvalue weighted by molar-refractivity contribution is -0.175. The topological polar surface area (TPSA) is 93.6 Å². The fraction of sp³-hybridized carbons (Fsp3) is 0.450. The summed E-state index contributed by atoms with van der Waals surface area (Å²) in [6, 6.07) is 1.63. The van der Waals surface area contributed by atoms with Crippen LogP contribution in [-0.4, -0.2) is 39.0 Å². The SMILES string of the molecule is Cc1cc(C(F)(F)F)cc(O)c1-c1cnc(C=NC23CCOC(C)(C2)C3)c(N)n1. The van der Waals surface area contributed by atoms with E-state index < -0.39 is 17.5 Å². The first kappa shape index (κ1) is 19.6. The molecule has 1 aliphatic carbocycles. The van der Waals surface area contributed by atoms with E-state index in [9.17, 15) is 18.3 Å². The summed E-state index contributed by atoms with van der Waals surface area (Å²) in [6.45, 7) is 4.21. The Morgan fingerprint density at radius 2 is 2.03 bits per heavy atom. The van der Waals surface area contributed by atoms with Crippen LogP contribution in [0.15, 0.2) is 23.3 Å². The zero-order chi connectivity index (χ0) is 21.0. The second kappa shape index (κ2) is 6.41. The third kappa shape index (κ3) is 3.55. The summed E-state index contributed by atoms with van der Waals surface area (Å²) in [4.78, 5) is 13.2. The fourth-order valence-electron chi connectivity index (χ4n) is 4.36. The van der Waals surface area contributed by atoms with Crippen molar-refractivity contribution in [3.05, 3.63) is 35.2 Å². The number of hydrogen-bond acceptors (Lipinski definition) is 6. The Morgan fingerprint density at radius 3 is 2.62 bits per heavy atom. The molecule has 1 saturated carbocycles. The monoisotopic (exact) mass is 406 g/mol. The zero-order valence-corrected chi connectivity index (χ0v) is 16.0.